The second-order valence-electron chi connectivity index (χ2n) is 5.39. The molecule has 1 unspecified atom stereocenters. The van der Waals surface area contributed by atoms with Gasteiger partial charge in [-0.25, -0.2) is 4.98 Å². The Hall–Kier alpha value is -0.770. The van der Waals surface area contributed by atoms with Gasteiger partial charge in [0.25, 0.3) is 0 Å². The van der Waals surface area contributed by atoms with Gasteiger partial charge in [-0.05, 0) is 46.1 Å². The molecule has 5 heteroatoms. The van der Waals surface area contributed by atoms with Crippen LogP contribution >= 0.6 is 23.2 Å². The molecule has 0 aliphatic heterocycles. The topological polar surface area (TPSA) is 21.1 Å². The molecule has 110 valence electrons. The van der Waals surface area contributed by atoms with E-state index in [-0.39, 0.29) is 0 Å². The van der Waals surface area contributed by atoms with E-state index in [1.807, 2.05) is 12.1 Å². The Morgan fingerprint density at radius 3 is 2.75 bits per heavy atom. The minimum Gasteiger partial charge on any atom is -0.325 e. The molecule has 0 fully saturated rings. The Bertz CT molecular complexity index is 578. The first-order chi connectivity index (χ1) is 9.54. The fraction of sp³-hybridized carbons (Fsp3) is 0.533. The number of halogens is 2. The van der Waals surface area contributed by atoms with Crippen LogP contribution in [0.2, 0.25) is 5.02 Å². The molecular weight excluding hydrogens is 293 g/mol. The van der Waals surface area contributed by atoms with Crippen LogP contribution in [0.3, 0.4) is 0 Å². The van der Waals surface area contributed by atoms with Crippen molar-refractivity contribution >= 4 is 34.2 Å². The maximum absolute atomic E-state index is 6.26. The Morgan fingerprint density at radius 1 is 1.35 bits per heavy atom. The van der Waals surface area contributed by atoms with Crippen molar-refractivity contribution in [3.8, 4) is 0 Å². The van der Waals surface area contributed by atoms with Crippen LogP contribution in [-0.4, -0.2) is 41.0 Å². The summed E-state index contributed by atoms with van der Waals surface area (Å²) in [6, 6.07) is 6.32. The summed E-state index contributed by atoms with van der Waals surface area (Å²) in [6.07, 6.45) is 1.83. The number of para-hydroxylation sites is 1. The van der Waals surface area contributed by atoms with Crippen LogP contribution in [-0.2, 0) is 6.42 Å². The normalized spacial score (nSPS) is 13.3. The van der Waals surface area contributed by atoms with Gasteiger partial charge >= 0.3 is 0 Å². The Labute approximate surface area is 130 Å². The van der Waals surface area contributed by atoms with Crippen molar-refractivity contribution < 1.29 is 0 Å². The summed E-state index contributed by atoms with van der Waals surface area (Å²) in [5.74, 6) is 1.59. The summed E-state index contributed by atoms with van der Waals surface area (Å²) < 4.78 is 2.28. The average Bonchev–Trinajstić information content (AvgIpc) is 2.76. The third-order valence-electron chi connectivity index (χ3n) is 3.50. The summed E-state index contributed by atoms with van der Waals surface area (Å²) in [4.78, 5) is 6.88. The minimum absolute atomic E-state index is 0.374. The quantitative estimate of drug-likeness (QED) is 0.752. The maximum atomic E-state index is 6.26. The van der Waals surface area contributed by atoms with Gasteiger partial charge in [-0.1, -0.05) is 17.7 Å². The Morgan fingerprint density at radius 2 is 2.10 bits per heavy atom. The number of aromatic nitrogens is 2. The highest BCUT2D eigenvalue weighted by molar-refractivity contribution is 6.34. The van der Waals surface area contributed by atoms with E-state index >= 15 is 0 Å². The summed E-state index contributed by atoms with van der Waals surface area (Å²) in [7, 11) is 4.19. The highest BCUT2D eigenvalue weighted by atomic mass is 35.5. The molecular formula is C15H21Cl2N3. The second kappa shape index (κ2) is 6.79. The van der Waals surface area contributed by atoms with E-state index in [2.05, 4.69) is 41.5 Å². The van der Waals surface area contributed by atoms with Gasteiger partial charge in [-0.15, -0.1) is 11.6 Å². The molecule has 0 aliphatic rings. The van der Waals surface area contributed by atoms with Crippen molar-refractivity contribution in [2.24, 2.45) is 0 Å². The van der Waals surface area contributed by atoms with E-state index in [1.54, 1.807) is 0 Å². The molecule has 0 saturated carbocycles. The number of fused-ring (bicyclic) bond motifs is 1. The Kier molecular flexibility index (Phi) is 5.30. The van der Waals surface area contributed by atoms with Crippen LogP contribution < -0.4 is 0 Å². The van der Waals surface area contributed by atoms with Crippen molar-refractivity contribution in [3.05, 3.63) is 29.0 Å². The van der Waals surface area contributed by atoms with E-state index in [4.69, 9.17) is 23.2 Å². The molecule has 0 amide bonds. The van der Waals surface area contributed by atoms with Gasteiger partial charge in [0.2, 0.25) is 0 Å². The number of hydrogen-bond donors (Lipinski definition) is 0. The summed E-state index contributed by atoms with van der Waals surface area (Å²) in [5.41, 5.74) is 1.98. The lowest BCUT2D eigenvalue weighted by molar-refractivity contribution is 0.357. The zero-order valence-corrected chi connectivity index (χ0v) is 13.7. The molecule has 0 N–H and O–H groups in total. The largest absolute Gasteiger partial charge is 0.325 e. The van der Waals surface area contributed by atoms with Gasteiger partial charge in [0.1, 0.15) is 11.3 Å². The van der Waals surface area contributed by atoms with Crippen LogP contribution in [0.25, 0.3) is 11.0 Å². The van der Waals surface area contributed by atoms with Crippen LogP contribution in [0.1, 0.15) is 25.2 Å². The molecule has 2 rings (SSSR count). The SMILES string of the molecule is CC(CCN(C)C)n1c(CCCl)nc2c(Cl)cccc21. The van der Waals surface area contributed by atoms with E-state index in [0.717, 1.165) is 36.2 Å². The number of imidazole rings is 1. The average molecular weight is 314 g/mol. The molecule has 0 aliphatic carbocycles. The van der Waals surface area contributed by atoms with Gasteiger partial charge < -0.3 is 9.47 Å². The summed E-state index contributed by atoms with van der Waals surface area (Å²) in [6.45, 7) is 3.27. The van der Waals surface area contributed by atoms with Crippen molar-refractivity contribution in [1.82, 2.24) is 14.5 Å². The minimum atomic E-state index is 0.374. The maximum Gasteiger partial charge on any atom is 0.111 e. The molecule has 20 heavy (non-hydrogen) atoms. The number of hydrogen-bond acceptors (Lipinski definition) is 2. The molecule has 0 saturated heterocycles. The van der Waals surface area contributed by atoms with Crippen LogP contribution in [0.4, 0.5) is 0 Å². The lowest BCUT2D eigenvalue weighted by Crippen LogP contribution is -2.18. The number of alkyl halides is 1. The zero-order valence-electron chi connectivity index (χ0n) is 12.2. The molecule has 0 bridgehead atoms. The molecule has 1 aromatic heterocycles. The lowest BCUT2D eigenvalue weighted by atomic mass is 10.2. The highest BCUT2D eigenvalue weighted by Crippen LogP contribution is 2.28. The van der Waals surface area contributed by atoms with E-state index in [1.165, 1.54) is 0 Å². The van der Waals surface area contributed by atoms with Crippen molar-refractivity contribution in [2.75, 3.05) is 26.5 Å². The Balaban J connectivity index is 2.43. The third kappa shape index (κ3) is 3.27. The fourth-order valence-corrected chi connectivity index (χ4v) is 2.84. The van der Waals surface area contributed by atoms with Crippen LogP contribution in [0, 0.1) is 0 Å². The molecule has 3 nitrogen and oxygen atoms in total. The predicted octanol–water partition coefficient (Wildman–Crippen LogP) is 3.98. The van der Waals surface area contributed by atoms with Crippen LogP contribution in [0.15, 0.2) is 18.2 Å². The third-order valence-corrected chi connectivity index (χ3v) is 3.99. The van der Waals surface area contributed by atoms with E-state index < -0.39 is 0 Å². The number of aryl methyl sites for hydroxylation is 1. The second-order valence-corrected chi connectivity index (χ2v) is 6.17. The molecule has 1 heterocycles. The van der Waals surface area contributed by atoms with Crippen molar-refractivity contribution in [1.29, 1.82) is 0 Å². The summed E-state index contributed by atoms with van der Waals surface area (Å²) in [5, 5.41) is 0.705. The standard InChI is InChI=1S/C15H21Cl2N3/c1-11(8-10-19(2)3)20-13-6-4-5-12(17)15(13)18-14(20)7-9-16/h4-6,11H,7-10H2,1-3H3. The van der Waals surface area contributed by atoms with Gasteiger partial charge in [0.15, 0.2) is 0 Å². The monoisotopic (exact) mass is 313 g/mol. The zero-order chi connectivity index (χ0) is 14.7. The van der Waals surface area contributed by atoms with Crippen molar-refractivity contribution in [3.63, 3.8) is 0 Å². The number of rotatable bonds is 6. The first-order valence-electron chi connectivity index (χ1n) is 6.90. The molecule has 0 spiro atoms. The molecule has 0 radical (unpaired) electrons. The van der Waals surface area contributed by atoms with Crippen molar-refractivity contribution in [2.45, 2.75) is 25.8 Å². The first-order valence-corrected chi connectivity index (χ1v) is 7.82. The summed E-state index contributed by atoms with van der Waals surface area (Å²) >= 11 is 12.2. The predicted molar refractivity (Wildman–Crippen MR) is 87.0 cm³/mol. The smallest absolute Gasteiger partial charge is 0.111 e. The first kappa shape index (κ1) is 15.6. The van der Waals surface area contributed by atoms with E-state index in [9.17, 15) is 0 Å². The van der Waals surface area contributed by atoms with Gasteiger partial charge in [0, 0.05) is 18.3 Å². The molecule has 1 aromatic carbocycles. The van der Waals surface area contributed by atoms with Crippen LogP contribution in [0.5, 0.6) is 0 Å². The van der Waals surface area contributed by atoms with Gasteiger partial charge in [-0.2, -0.15) is 0 Å². The van der Waals surface area contributed by atoms with E-state index in [0.29, 0.717) is 16.9 Å². The fourth-order valence-electron chi connectivity index (χ4n) is 2.46. The highest BCUT2D eigenvalue weighted by Gasteiger charge is 2.17. The molecule has 2 aromatic rings. The van der Waals surface area contributed by atoms with Gasteiger partial charge in [0.05, 0.1) is 10.5 Å². The van der Waals surface area contributed by atoms with Gasteiger partial charge in [-0.3, -0.25) is 0 Å². The lowest BCUT2D eigenvalue weighted by Gasteiger charge is -2.19. The number of benzene rings is 1. The molecule has 1 atom stereocenters. The number of nitrogens with zero attached hydrogens (tertiary/aromatic N) is 3.